The molecule has 0 aromatic heterocycles. The van der Waals surface area contributed by atoms with Crippen LogP contribution in [0.1, 0.15) is 31.7 Å². The third-order valence-corrected chi connectivity index (χ3v) is 5.13. The lowest BCUT2D eigenvalue weighted by atomic mass is 9.86. The molecule has 0 amide bonds. The summed E-state index contributed by atoms with van der Waals surface area (Å²) >= 11 is 0. The number of hydrogen-bond donors (Lipinski definition) is 2. The molecule has 0 aliphatic heterocycles. The van der Waals surface area contributed by atoms with Gasteiger partial charge < -0.3 is 5.32 Å². The minimum Gasteiger partial charge on any atom is -0.313 e. The summed E-state index contributed by atoms with van der Waals surface area (Å²) in [6.45, 7) is 3.10. The van der Waals surface area contributed by atoms with Gasteiger partial charge in [-0.05, 0) is 43.0 Å². The van der Waals surface area contributed by atoms with Crippen LogP contribution in [0.25, 0.3) is 0 Å². The SMILES string of the molecule is CCNCc1cc(F)c(F)c(S(=O)(=O)NCC2CCC2)c1. The molecule has 1 aromatic carbocycles. The van der Waals surface area contributed by atoms with Crippen molar-refractivity contribution >= 4 is 10.0 Å². The predicted octanol–water partition coefficient (Wildman–Crippen LogP) is 2.15. The quantitative estimate of drug-likeness (QED) is 0.810. The first-order valence-corrected chi connectivity index (χ1v) is 8.60. The minimum absolute atomic E-state index is 0.279. The third kappa shape index (κ3) is 3.99. The monoisotopic (exact) mass is 318 g/mol. The van der Waals surface area contributed by atoms with Gasteiger partial charge in [-0.1, -0.05) is 13.3 Å². The van der Waals surface area contributed by atoms with Crippen molar-refractivity contribution in [2.75, 3.05) is 13.1 Å². The molecule has 1 aliphatic carbocycles. The molecule has 4 nitrogen and oxygen atoms in total. The lowest BCUT2D eigenvalue weighted by molar-refractivity contribution is 0.316. The van der Waals surface area contributed by atoms with Crippen LogP contribution in [0, 0.1) is 17.6 Å². The zero-order valence-corrected chi connectivity index (χ0v) is 12.8. The largest absolute Gasteiger partial charge is 0.313 e. The van der Waals surface area contributed by atoms with Crippen LogP contribution >= 0.6 is 0 Å². The Kier molecular flexibility index (Phi) is 5.29. The maximum absolute atomic E-state index is 13.8. The predicted molar refractivity (Wildman–Crippen MR) is 76.3 cm³/mol. The molecule has 1 aliphatic rings. The summed E-state index contributed by atoms with van der Waals surface area (Å²) < 4.78 is 54.0. The van der Waals surface area contributed by atoms with E-state index in [2.05, 4.69) is 10.0 Å². The van der Waals surface area contributed by atoms with Gasteiger partial charge in [-0.25, -0.2) is 21.9 Å². The second-order valence-electron chi connectivity index (χ2n) is 5.32. The van der Waals surface area contributed by atoms with Crippen molar-refractivity contribution in [1.29, 1.82) is 0 Å². The Balaban J connectivity index is 2.20. The number of halogens is 2. The number of benzene rings is 1. The summed E-state index contributed by atoms with van der Waals surface area (Å²) in [7, 11) is -4.03. The third-order valence-electron chi connectivity index (χ3n) is 3.71. The Morgan fingerprint density at radius 2 is 2.00 bits per heavy atom. The molecule has 0 saturated heterocycles. The molecule has 118 valence electrons. The maximum atomic E-state index is 13.8. The first-order valence-electron chi connectivity index (χ1n) is 7.12. The standard InChI is InChI=1S/C14H20F2N2O2S/c1-2-17-8-11-6-12(15)14(16)13(7-11)21(19,20)18-9-10-4-3-5-10/h6-7,10,17-18H,2-5,8-9H2,1H3. The first-order chi connectivity index (χ1) is 9.94. The normalized spacial score (nSPS) is 16.0. The van der Waals surface area contributed by atoms with Crippen molar-refractivity contribution in [1.82, 2.24) is 10.0 Å². The summed E-state index contributed by atoms with van der Waals surface area (Å²) in [6.07, 6.45) is 3.03. The Bertz CT molecular complexity index is 601. The van der Waals surface area contributed by atoms with Gasteiger partial charge in [0.1, 0.15) is 4.90 Å². The van der Waals surface area contributed by atoms with E-state index < -0.39 is 26.6 Å². The van der Waals surface area contributed by atoms with Crippen LogP contribution in [0.3, 0.4) is 0 Å². The van der Waals surface area contributed by atoms with Crippen LogP contribution in [0.2, 0.25) is 0 Å². The van der Waals surface area contributed by atoms with Crippen LogP contribution in [0.4, 0.5) is 8.78 Å². The molecule has 0 unspecified atom stereocenters. The molecule has 0 bridgehead atoms. The molecule has 2 N–H and O–H groups in total. The molecule has 0 heterocycles. The van der Waals surface area contributed by atoms with Gasteiger partial charge in [0.05, 0.1) is 0 Å². The summed E-state index contributed by atoms with van der Waals surface area (Å²) in [6, 6.07) is 2.20. The van der Waals surface area contributed by atoms with E-state index in [1.54, 1.807) is 0 Å². The zero-order valence-electron chi connectivity index (χ0n) is 12.0. The Morgan fingerprint density at radius 3 is 2.57 bits per heavy atom. The van der Waals surface area contributed by atoms with Crippen molar-refractivity contribution in [3.05, 3.63) is 29.3 Å². The molecule has 1 aromatic rings. The Morgan fingerprint density at radius 1 is 1.29 bits per heavy atom. The molecule has 0 spiro atoms. The van der Waals surface area contributed by atoms with E-state index in [0.717, 1.165) is 25.3 Å². The van der Waals surface area contributed by atoms with Gasteiger partial charge in [0.2, 0.25) is 10.0 Å². The molecule has 1 fully saturated rings. The fourth-order valence-corrected chi connectivity index (χ4v) is 3.44. The number of hydrogen-bond acceptors (Lipinski definition) is 3. The molecular weight excluding hydrogens is 298 g/mol. The average molecular weight is 318 g/mol. The van der Waals surface area contributed by atoms with Crippen LogP contribution in [0.15, 0.2) is 17.0 Å². The van der Waals surface area contributed by atoms with E-state index in [4.69, 9.17) is 0 Å². The Hall–Kier alpha value is -1.05. The molecule has 2 rings (SSSR count). The zero-order chi connectivity index (χ0) is 15.5. The van der Waals surface area contributed by atoms with E-state index in [-0.39, 0.29) is 6.54 Å². The topological polar surface area (TPSA) is 58.2 Å². The van der Waals surface area contributed by atoms with Crippen molar-refractivity contribution in [2.45, 2.75) is 37.6 Å². The first kappa shape index (κ1) is 16.3. The summed E-state index contributed by atoms with van der Waals surface area (Å²) in [5.74, 6) is -2.16. The van der Waals surface area contributed by atoms with E-state index in [1.165, 1.54) is 6.07 Å². The summed E-state index contributed by atoms with van der Waals surface area (Å²) in [5.41, 5.74) is 0.403. The fourth-order valence-electron chi connectivity index (χ4n) is 2.19. The van der Waals surface area contributed by atoms with E-state index in [1.807, 2.05) is 6.92 Å². The maximum Gasteiger partial charge on any atom is 0.243 e. The number of nitrogens with one attached hydrogen (secondary N) is 2. The highest BCUT2D eigenvalue weighted by atomic mass is 32.2. The van der Waals surface area contributed by atoms with Gasteiger partial charge in [-0.2, -0.15) is 0 Å². The highest BCUT2D eigenvalue weighted by Crippen LogP contribution is 2.26. The van der Waals surface area contributed by atoms with Gasteiger partial charge in [-0.3, -0.25) is 0 Å². The fraction of sp³-hybridized carbons (Fsp3) is 0.571. The summed E-state index contributed by atoms with van der Waals surface area (Å²) in [4.78, 5) is -0.616. The average Bonchev–Trinajstić information content (AvgIpc) is 2.37. The molecule has 0 atom stereocenters. The highest BCUT2D eigenvalue weighted by molar-refractivity contribution is 7.89. The number of sulfonamides is 1. The number of rotatable bonds is 7. The van der Waals surface area contributed by atoms with Crippen LogP contribution in [-0.2, 0) is 16.6 Å². The van der Waals surface area contributed by atoms with Gasteiger partial charge in [0.25, 0.3) is 0 Å². The van der Waals surface area contributed by atoms with Crippen LogP contribution < -0.4 is 10.0 Å². The second-order valence-corrected chi connectivity index (χ2v) is 7.05. The van der Waals surface area contributed by atoms with Crippen molar-refractivity contribution in [2.24, 2.45) is 5.92 Å². The highest BCUT2D eigenvalue weighted by Gasteiger charge is 2.25. The van der Waals surface area contributed by atoms with E-state index in [0.29, 0.717) is 24.6 Å². The lowest BCUT2D eigenvalue weighted by Gasteiger charge is -2.25. The van der Waals surface area contributed by atoms with E-state index >= 15 is 0 Å². The molecule has 1 saturated carbocycles. The molecular formula is C14H20F2N2O2S. The smallest absolute Gasteiger partial charge is 0.243 e. The van der Waals surface area contributed by atoms with E-state index in [9.17, 15) is 17.2 Å². The minimum atomic E-state index is -4.03. The molecule has 7 heteroatoms. The Labute approximate surface area is 124 Å². The van der Waals surface area contributed by atoms with Gasteiger partial charge in [0, 0.05) is 13.1 Å². The van der Waals surface area contributed by atoms with Crippen molar-refractivity contribution in [3.63, 3.8) is 0 Å². The van der Waals surface area contributed by atoms with Crippen molar-refractivity contribution < 1.29 is 17.2 Å². The van der Waals surface area contributed by atoms with Gasteiger partial charge >= 0.3 is 0 Å². The van der Waals surface area contributed by atoms with Crippen molar-refractivity contribution in [3.8, 4) is 0 Å². The van der Waals surface area contributed by atoms with Crippen LogP contribution in [-0.4, -0.2) is 21.5 Å². The van der Waals surface area contributed by atoms with Crippen LogP contribution in [0.5, 0.6) is 0 Å². The second kappa shape index (κ2) is 6.81. The molecule has 0 radical (unpaired) electrons. The van der Waals surface area contributed by atoms with Gasteiger partial charge in [-0.15, -0.1) is 0 Å². The lowest BCUT2D eigenvalue weighted by Crippen LogP contribution is -2.33. The molecule has 21 heavy (non-hydrogen) atoms. The summed E-state index contributed by atoms with van der Waals surface area (Å²) in [5, 5.41) is 2.95. The van der Waals surface area contributed by atoms with Gasteiger partial charge in [0.15, 0.2) is 11.6 Å².